The first-order valence-electron chi connectivity index (χ1n) is 9.79. The van der Waals surface area contributed by atoms with Crippen LogP contribution in [-0.2, 0) is 11.3 Å². The average Bonchev–Trinajstić information content (AvgIpc) is 3.13. The second kappa shape index (κ2) is 8.25. The van der Waals surface area contributed by atoms with Crippen molar-refractivity contribution in [3.05, 3.63) is 92.4 Å². The Balaban J connectivity index is 1.66. The van der Waals surface area contributed by atoms with E-state index < -0.39 is 6.03 Å². The molecule has 7 heteroatoms. The Hall–Kier alpha value is -3.02. The maximum atomic E-state index is 12.9. The van der Waals surface area contributed by atoms with Gasteiger partial charge in [-0.15, -0.1) is 0 Å². The van der Waals surface area contributed by atoms with Crippen LogP contribution in [0.2, 0.25) is 10.0 Å². The van der Waals surface area contributed by atoms with Gasteiger partial charge in [0, 0.05) is 16.4 Å². The highest BCUT2D eigenvalue weighted by Gasteiger charge is 2.33. The third kappa shape index (κ3) is 4.11. The third-order valence-electron chi connectivity index (χ3n) is 5.30. The Bertz CT molecular complexity index is 1240. The summed E-state index contributed by atoms with van der Waals surface area (Å²) in [6, 6.07) is 14.6. The highest BCUT2D eigenvalue weighted by atomic mass is 35.5. The van der Waals surface area contributed by atoms with Crippen molar-refractivity contribution in [1.29, 1.82) is 0 Å². The van der Waals surface area contributed by atoms with Gasteiger partial charge in [0.05, 0.1) is 17.3 Å². The Kier molecular flexibility index (Phi) is 5.65. The first-order chi connectivity index (χ1) is 14.7. The topological polar surface area (TPSA) is 54.3 Å². The van der Waals surface area contributed by atoms with Crippen LogP contribution in [0.4, 0.5) is 4.79 Å². The van der Waals surface area contributed by atoms with Crippen molar-refractivity contribution < 1.29 is 9.59 Å². The number of rotatable bonds is 4. The van der Waals surface area contributed by atoms with Crippen molar-refractivity contribution in [2.45, 2.75) is 27.3 Å². The lowest BCUT2D eigenvalue weighted by Gasteiger charge is -2.12. The summed E-state index contributed by atoms with van der Waals surface area (Å²) >= 11 is 12.6. The molecule has 1 fully saturated rings. The maximum Gasteiger partial charge on any atom is 0.329 e. The summed E-state index contributed by atoms with van der Waals surface area (Å²) in [4.78, 5) is 26.6. The van der Waals surface area contributed by atoms with Gasteiger partial charge in [-0.3, -0.25) is 9.69 Å². The first-order valence-corrected chi connectivity index (χ1v) is 10.5. The predicted molar refractivity (Wildman–Crippen MR) is 124 cm³/mol. The van der Waals surface area contributed by atoms with Crippen LogP contribution >= 0.6 is 23.2 Å². The first kappa shape index (κ1) is 21.2. The number of hydrogen-bond acceptors (Lipinski definition) is 2. The Morgan fingerprint density at radius 3 is 2.52 bits per heavy atom. The van der Waals surface area contributed by atoms with Crippen molar-refractivity contribution in [2.75, 3.05) is 0 Å². The molecule has 2 aromatic carbocycles. The van der Waals surface area contributed by atoms with Gasteiger partial charge in [0.1, 0.15) is 5.70 Å². The molecule has 0 aliphatic carbocycles. The fraction of sp³-hybridized carbons (Fsp3) is 0.167. The molecule has 2 heterocycles. The lowest BCUT2D eigenvalue weighted by Crippen LogP contribution is -2.30. The molecular formula is C24H21Cl2N3O2. The molecule has 3 aromatic rings. The van der Waals surface area contributed by atoms with Gasteiger partial charge in [-0.05, 0) is 62.2 Å². The van der Waals surface area contributed by atoms with E-state index in [-0.39, 0.29) is 18.1 Å². The van der Waals surface area contributed by atoms with Crippen molar-refractivity contribution >= 4 is 41.2 Å². The number of carbonyl (C=O) groups is 2. The molecule has 4 rings (SSSR count). The number of halogens is 2. The molecule has 0 bridgehead atoms. The molecule has 0 unspecified atom stereocenters. The minimum absolute atomic E-state index is 0.223. The SMILES string of the molecule is Cc1cccc(CN2C(=O)N/C(=C/c3cc(C)n(-c4cc(Cl)ccc4Cl)c3C)C2=O)c1. The van der Waals surface area contributed by atoms with E-state index in [0.717, 1.165) is 33.8 Å². The monoisotopic (exact) mass is 453 g/mol. The summed E-state index contributed by atoms with van der Waals surface area (Å²) in [6.45, 7) is 6.08. The van der Waals surface area contributed by atoms with Gasteiger partial charge >= 0.3 is 6.03 Å². The molecule has 0 radical (unpaired) electrons. The van der Waals surface area contributed by atoms with Crippen LogP contribution in [0.1, 0.15) is 28.1 Å². The van der Waals surface area contributed by atoms with Crippen LogP contribution in [0.5, 0.6) is 0 Å². The third-order valence-corrected chi connectivity index (χ3v) is 5.86. The maximum absolute atomic E-state index is 12.9. The average molecular weight is 454 g/mol. The number of benzene rings is 2. The summed E-state index contributed by atoms with van der Waals surface area (Å²) in [6.07, 6.45) is 1.70. The highest BCUT2D eigenvalue weighted by molar-refractivity contribution is 6.34. The normalized spacial score (nSPS) is 15.1. The lowest BCUT2D eigenvalue weighted by atomic mass is 10.1. The number of carbonyl (C=O) groups excluding carboxylic acids is 2. The number of imide groups is 1. The number of nitrogens with zero attached hydrogens (tertiary/aromatic N) is 2. The summed E-state index contributed by atoms with van der Waals surface area (Å²) in [5, 5.41) is 3.85. The van der Waals surface area contributed by atoms with Gasteiger partial charge in [0.15, 0.2) is 0 Å². The molecular weight excluding hydrogens is 433 g/mol. The van der Waals surface area contributed by atoms with Crippen LogP contribution in [0.3, 0.4) is 0 Å². The largest absolute Gasteiger partial charge is 0.329 e. The van der Waals surface area contributed by atoms with E-state index in [1.807, 2.05) is 55.7 Å². The van der Waals surface area contributed by atoms with E-state index in [2.05, 4.69) is 5.32 Å². The van der Waals surface area contributed by atoms with E-state index in [9.17, 15) is 9.59 Å². The number of aromatic nitrogens is 1. The molecule has 0 atom stereocenters. The lowest BCUT2D eigenvalue weighted by molar-refractivity contribution is -0.123. The van der Waals surface area contributed by atoms with Crippen molar-refractivity contribution in [2.24, 2.45) is 0 Å². The van der Waals surface area contributed by atoms with Gasteiger partial charge in [0.25, 0.3) is 5.91 Å². The van der Waals surface area contributed by atoms with Gasteiger partial charge in [-0.2, -0.15) is 0 Å². The van der Waals surface area contributed by atoms with E-state index in [4.69, 9.17) is 23.2 Å². The number of amides is 3. The molecule has 0 saturated carbocycles. The van der Waals surface area contributed by atoms with E-state index in [1.165, 1.54) is 4.90 Å². The zero-order chi connectivity index (χ0) is 22.3. The van der Waals surface area contributed by atoms with E-state index >= 15 is 0 Å². The van der Waals surface area contributed by atoms with E-state index in [0.29, 0.717) is 10.0 Å². The highest BCUT2D eigenvalue weighted by Crippen LogP contribution is 2.30. The molecule has 0 spiro atoms. The van der Waals surface area contributed by atoms with Crippen molar-refractivity contribution in [3.63, 3.8) is 0 Å². The van der Waals surface area contributed by atoms with E-state index in [1.54, 1.807) is 24.3 Å². The summed E-state index contributed by atoms with van der Waals surface area (Å²) in [5.41, 5.74) is 5.61. The molecule has 1 aromatic heterocycles. The fourth-order valence-corrected chi connectivity index (χ4v) is 4.19. The quantitative estimate of drug-likeness (QED) is 0.400. The van der Waals surface area contributed by atoms with Crippen molar-refractivity contribution in [3.8, 4) is 5.69 Å². The Labute approximate surface area is 190 Å². The molecule has 1 aliphatic heterocycles. The van der Waals surface area contributed by atoms with Crippen molar-refractivity contribution in [1.82, 2.24) is 14.8 Å². The van der Waals surface area contributed by atoms with Crippen LogP contribution < -0.4 is 5.32 Å². The molecule has 3 amide bonds. The molecule has 1 N–H and O–H groups in total. The minimum Gasteiger partial charge on any atom is -0.316 e. The Morgan fingerprint density at radius 2 is 1.77 bits per heavy atom. The smallest absolute Gasteiger partial charge is 0.316 e. The predicted octanol–water partition coefficient (Wildman–Crippen LogP) is 5.80. The molecule has 1 aliphatic rings. The van der Waals surface area contributed by atoms with Crippen LogP contribution in [0, 0.1) is 20.8 Å². The van der Waals surface area contributed by atoms with Crippen LogP contribution in [0.25, 0.3) is 11.8 Å². The number of nitrogens with one attached hydrogen (secondary N) is 1. The standard InChI is InChI=1S/C24H21Cl2N3O2/c1-14-5-4-6-17(9-14)13-28-23(30)21(27-24(28)31)11-18-10-15(2)29(16(18)3)22-12-19(25)7-8-20(22)26/h4-12H,13H2,1-3H3,(H,27,31)/b21-11+. The minimum atomic E-state index is -0.426. The Morgan fingerprint density at radius 1 is 1.00 bits per heavy atom. The summed E-state index contributed by atoms with van der Waals surface area (Å²) in [5.74, 6) is -0.350. The van der Waals surface area contributed by atoms with Gasteiger partial charge < -0.3 is 9.88 Å². The van der Waals surface area contributed by atoms with Gasteiger partial charge in [0.2, 0.25) is 0 Å². The molecule has 31 heavy (non-hydrogen) atoms. The van der Waals surface area contributed by atoms with Gasteiger partial charge in [-0.1, -0.05) is 53.0 Å². The zero-order valence-electron chi connectivity index (χ0n) is 17.4. The molecule has 158 valence electrons. The molecule has 5 nitrogen and oxygen atoms in total. The second-order valence-corrected chi connectivity index (χ2v) is 8.47. The van der Waals surface area contributed by atoms with Crippen LogP contribution in [-0.4, -0.2) is 21.4 Å². The second-order valence-electron chi connectivity index (χ2n) is 7.63. The number of aryl methyl sites for hydroxylation is 2. The number of hydrogen-bond donors (Lipinski definition) is 1. The molecule has 1 saturated heterocycles. The number of urea groups is 1. The van der Waals surface area contributed by atoms with Gasteiger partial charge in [-0.25, -0.2) is 4.79 Å². The van der Waals surface area contributed by atoms with Crippen LogP contribution in [0.15, 0.2) is 54.2 Å². The summed E-state index contributed by atoms with van der Waals surface area (Å²) in [7, 11) is 0. The summed E-state index contributed by atoms with van der Waals surface area (Å²) < 4.78 is 1.98. The zero-order valence-corrected chi connectivity index (χ0v) is 18.9. The fourth-order valence-electron chi connectivity index (χ4n) is 3.83.